The summed E-state index contributed by atoms with van der Waals surface area (Å²) in [7, 11) is 2.64. The van der Waals surface area contributed by atoms with Crippen LogP contribution >= 0.6 is 34.4 Å². The topological polar surface area (TPSA) is 116 Å². The third-order valence-corrected chi connectivity index (χ3v) is 9.08. The Morgan fingerprint density at radius 3 is 2.68 bits per heavy atom. The van der Waals surface area contributed by atoms with Crippen LogP contribution in [0.5, 0.6) is 0 Å². The standard InChI is InChI=1S/C25H27N3O6S3/c1-14-8-9-15-18(10-14)36-23(22(15)24(32)34-3)26-19(29)12-35-13-20(30)27-25-28(11-21(31)33-2)16-6-4-5-7-17(16)37-25/h4-7,14H,8-13H2,1-3H3,(H,26,29). The SMILES string of the molecule is COC(=O)Cn1c(=NC(=O)CSCC(=O)Nc2sc3c(c2C(=O)OC)CCC(C)C3)sc2ccccc21. The maximum absolute atomic E-state index is 12.6. The molecule has 0 aliphatic heterocycles. The highest BCUT2D eigenvalue weighted by molar-refractivity contribution is 8.00. The molecule has 37 heavy (non-hydrogen) atoms. The van der Waals surface area contributed by atoms with Crippen LogP contribution in [0.2, 0.25) is 0 Å². The van der Waals surface area contributed by atoms with E-state index in [0.717, 1.165) is 51.7 Å². The first-order valence-corrected chi connectivity index (χ1v) is 14.4. The van der Waals surface area contributed by atoms with Gasteiger partial charge in [0.05, 0.1) is 41.5 Å². The van der Waals surface area contributed by atoms with Crippen molar-refractivity contribution >= 4 is 73.4 Å². The lowest BCUT2D eigenvalue weighted by atomic mass is 9.88. The Kier molecular flexibility index (Phi) is 8.83. The molecular weight excluding hydrogens is 534 g/mol. The number of para-hydroxylation sites is 1. The molecule has 12 heteroatoms. The fourth-order valence-corrected chi connectivity index (χ4v) is 7.20. The van der Waals surface area contributed by atoms with Crippen molar-refractivity contribution in [3.05, 3.63) is 45.1 Å². The predicted octanol–water partition coefficient (Wildman–Crippen LogP) is 3.65. The fraction of sp³-hybridized carbons (Fsp3) is 0.400. The zero-order valence-corrected chi connectivity index (χ0v) is 23.1. The number of methoxy groups -OCH3 is 2. The Bertz CT molecular complexity index is 1420. The molecule has 0 bridgehead atoms. The first-order chi connectivity index (χ1) is 17.8. The molecule has 3 aromatic rings. The van der Waals surface area contributed by atoms with E-state index in [1.807, 2.05) is 24.3 Å². The number of carbonyl (C=O) groups excluding carboxylic acids is 4. The zero-order chi connectivity index (χ0) is 26.5. The second-order valence-electron chi connectivity index (χ2n) is 8.61. The molecule has 0 saturated heterocycles. The Morgan fingerprint density at radius 1 is 1.14 bits per heavy atom. The van der Waals surface area contributed by atoms with Crippen molar-refractivity contribution in [2.75, 3.05) is 31.0 Å². The smallest absolute Gasteiger partial charge is 0.341 e. The van der Waals surface area contributed by atoms with E-state index in [0.29, 0.717) is 21.3 Å². The van der Waals surface area contributed by atoms with Gasteiger partial charge in [-0.05, 0) is 42.9 Å². The third-order valence-electron chi connectivity index (χ3n) is 5.94. The molecule has 4 rings (SSSR count). The van der Waals surface area contributed by atoms with Crippen LogP contribution in [0.4, 0.5) is 5.00 Å². The summed E-state index contributed by atoms with van der Waals surface area (Å²) in [6.07, 6.45) is 2.64. The second-order valence-corrected chi connectivity index (χ2v) is 11.7. The lowest BCUT2D eigenvalue weighted by Gasteiger charge is -2.18. The van der Waals surface area contributed by atoms with Crippen molar-refractivity contribution in [3.63, 3.8) is 0 Å². The van der Waals surface area contributed by atoms with Crippen LogP contribution in [0.1, 0.15) is 34.1 Å². The van der Waals surface area contributed by atoms with Gasteiger partial charge < -0.3 is 19.4 Å². The predicted molar refractivity (Wildman–Crippen MR) is 145 cm³/mol. The van der Waals surface area contributed by atoms with Crippen LogP contribution in [0.15, 0.2) is 29.3 Å². The summed E-state index contributed by atoms with van der Waals surface area (Å²) in [5.74, 6) is -1.08. The van der Waals surface area contributed by atoms with Crippen molar-refractivity contribution < 1.29 is 28.7 Å². The molecule has 1 aromatic carbocycles. The molecule has 0 radical (unpaired) electrons. The molecule has 0 fully saturated rings. The third kappa shape index (κ3) is 6.31. The van der Waals surface area contributed by atoms with E-state index in [1.165, 1.54) is 36.9 Å². The number of rotatable bonds is 8. The van der Waals surface area contributed by atoms with Crippen LogP contribution in [-0.4, -0.2) is 54.0 Å². The summed E-state index contributed by atoms with van der Waals surface area (Å²) in [6.45, 7) is 2.11. The second kappa shape index (κ2) is 12.1. The monoisotopic (exact) mass is 561 g/mol. The van der Waals surface area contributed by atoms with Crippen molar-refractivity contribution in [1.29, 1.82) is 0 Å². The number of nitrogens with zero attached hydrogens (tertiary/aromatic N) is 2. The molecule has 0 spiro atoms. The van der Waals surface area contributed by atoms with E-state index >= 15 is 0 Å². The van der Waals surface area contributed by atoms with E-state index in [9.17, 15) is 19.2 Å². The Hall–Kier alpha value is -2.96. The number of esters is 2. The van der Waals surface area contributed by atoms with Gasteiger partial charge in [-0.25, -0.2) is 4.79 Å². The Labute approximate surface area is 225 Å². The summed E-state index contributed by atoms with van der Waals surface area (Å²) in [5.41, 5.74) is 2.19. The van der Waals surface area contributed by atoms with Crippen LogP contribution in [0.3, 0.4) is 0 Å². The number of thioether (sulfide) groups is 1. The van der Waals surface area contributed by atoms with Gasteiger partial charge >= 0.3 is 11.9 Å². The quantitative estimate of drug-likeness (QED) is 0.418. The number of amides is 2. The molecule has 2 heterocycles. The molecule has 2 aromatic heterocycles. The highest BCUT2D eigenvalue weighted by Gasteiger charge is 2.28. The molecule has 196 valence electrons. The Balaban J connectivity index is 1.41. The average molecular weight is 562 g/mol. The lowest BCUT2D eigenvalue weighted by molar-refractivity contribution is -0.141. The number of nitrogens with one attached hydrogen (secondary N) is 1. The summed E-state index contributed by atoms with van der Waals surface area (Å²) in [5, 5.41) is 3.34. The van der Waals surface area contributed by atoms with E-state index in [4.69, 9.17) is 9.47 Å². The number of ether oxygens (including phenoxy) is 2. The summed E-state index contributed by atoms with van der Waals surface area (Å²) in [4.78, 5) is 55.2. The highest BCUT2D eigenvalue weighted by Crippen LogP contribution is 2.40. The first-order valence-electron chi connectivity index (χ1n) is 11.6. The van der Waals surface area contributed by atoms with Gasteiger partial charge in [0, 0.05) is 4.88 Å². The maximum atomic E-state index is 12.6. The lowest BCUT2D eigenvalue weighted by Crippen LogP contribution is -2.23. The summed E-state index contributed by atoms with van der Waals surface area (Å²) in [6, 6.07) is 7.46. The van der Waals surface area contributed by atoms with Crippen LogP contribution in [0.25, 0.3) is 10.2 Å². The fourth-order valence-electron chi connectivity index (χ4n) is 4.14. The minimum absolute atomic E-state index is 0.0117. The maximum Gasteiger partial charge on any atom is 0.341 e. The van der Waals surface area contributed by atoms with E-state index < -0.39 is 17.8 Å². The molecule has 1 N–H and O–H groups in total. The molecule has 2 amide bonds. The molecule has 1 aliphatic rings. The number of thiazole rings is 1. The van der Waals surface area contributed by atoms with Gasteiger partial charge in [-0.3, -0.25) is 14.4 Å². The van der Waals surface area contributed by atoms with Crippen LogP contribution < -0.4 is 10.1 Å². The van der Waals surface area contributed by atoms with Gasteiger partial charge in [0.2, 0.25) is 5.91 Å². The Morgan fingerprint density at radius 2 is 1.92 bits per heavy atom. The number of aromatic nitrogens is 1. The van der Waals surface area contributed by atoms with Gasteiger partial charge in [0.25, 0.3) is 5.91 Å². The van der Waals surface area contributed by atoms with Gasteiger partial charge in [0.15, 0.2) is 4.80 Å². The minimum Gasteiger partial charge on any atom is -0.468 e. The summed E-state index contributed by atoms with van der Waals surface area (Å²) >= 11 is 3.86. The largest absolute Gasteiger partial charge is 0.468 e. The number of carbonyl (C=O) groups is 4. The normalized spacial score (nSPS) is 15.3. The number of anilines is 1. The van der Waals surface area contributed by atoms with Gasteiger partial charge in [0.1, 0.15) is 11.5 Å². The van der Waals surface area contributed by atoms with Crippen molar-refractivity contribution in [1.82, 2.24) is 4.57 Å². The number of thiophene rings is 1. The number of hydrogen-bond donors (Lipinski definition) is 1. The van der Waals surface area contributed by atoms with Crippen molar-refractivity contribution in [2.24, 2.45) is 10.9 Å². The minimum atomic E-state index is -0.451. The van der Waals surface area contributed by atoms with Gasteiger partial charge in [-0.2, -0.15) is 4.99 Å². The molecule has 0 saturated carbocycles. The zero-order valence-electron chi connectivity index (χ0n) is 20.7. The van der Waals surface area contributed by atoms with Gasteiger partial charge in [-0.15, -0.1) is 23.1 Å². The molecular formula is C25H27N3O6S3. The van der Waals surface area contributed by atoms with Crippen molar-refractivity contribution in [3.8, 4) is 0 Å². The van der Waals surface area contributed by atoms with Gasteiger partial charge in [-0.1, -0.05) is 30.4 Å². The molecule has 1 unspecified atom stereocenters. The average Bonchev–Trinajstić information content (AvgIpc) is 3.40. The highest BCUT2D eigenvalue weighted by atomic mass is 32.2. The molecule has 1 aliphatic carbocycles. The van der Waals surface area contributed by atoms with Crippen molar-refractivity contribution in [2.45, 2.75) is 32.7 Å². The van der Waals surface area contributed by atoms with Crippen LogP contribution in [0, 0.1) is 5.92 Å². The number of benzene rings is 1. The first kappa shape index (κ1) is 27.1. The summed E-state index contributed by atoms with van der Waals surface area (Å²) < 4.78 is 12.3. The number of hydrogen-bond acceptors (Lipinski definition) is 9. The number of fused-ring (bicyclic) bond motifs is 2. The van der Waals surface area contributed by atoms with E-state index in [-0.39, 0.29) is 24.0 Å². The van der Waals surface area contributed by atoms with E-state index in [2.05, 4.69) is 17.2 Å². The molecule has 1 atom stereocenters. The van der Waals surface area contributed by atoms with E-state index in [1.54, 1.807) is 4.57 Å². The van der Waals surface area contributed by atoms with Crippen LogP contribution in [-0.2, 0) is 43.2 Å². The molecule has 9 nitrogen and oxygen atoms in total.